The molecule has 0 aliphatic carbocycles. The van der Waals surface area contributed by atoms with Crippen molar-refractivity contribution in [3.05, 3.63) is 102 Å². The predicted octanol–water partition coefficient (Wildman–Crippen LogP) is 5.21. The zero-order valence-electron chi connectivity index (χ0n) is 22.2. The van der Waals surface area contributed by atoms with Crippen molar-refractivity contribution in [2.45, 2.75) is 6.92 Å². The summed E-state index contributed by atoms with van der Waals surface area (Å²) in [6, 6.07) is 22.9. The van der Waals surface area contributed by atoms with Gasteiger partial charge in [-0.1, -0.05) is 24.3 Å². The van der Waals surface area contributed by atoms with Gasteiger partial charge in [0, 0.05) is 31.9 Å². The van der Waals surface area contributed by atoms with Crippen LogP contribution >= 0.6 is 0 Å². The van der Waals surface area contributed by atoms with Crippen LogP contribution in [0, 0.1) is 12.7 Å². The Hall–Kier alpha value is -4.59. The molecule has 2 amide bonds. The minimum absolute atomic E-state index is 0.122. The highest BCUT2D eigenvalue weighted by atomic mass is 19.1. The van der Waals surface area contributed by atoms with Gasteiger partial charge >= 0.3 is 0 Å². The molecule has 8 heteroatoms. The lowest BCUT2D eigenvalue weighted by molar-refractivity contribution is 0.0533. The van der Waals surface area contributed by atoms with Gasteiger partial charge in [0.25, 0.3) is 11.8 Å². The zero-order valence-corrected chi connectivity index (χ0v) is 22.2. The number of nitrogens with zero attached hydrogens (tertiary/aromatic N) is 3. The van der Waals surface area contributed by atoms with Gasteiger partial charge in [-0.2, -0.15) is 0 Å². The first-order chi connectivity index (χ1) is 18.9. The number of benzene rings is 3. The van der Waals surface area contributed by atoms with Crippen LogP contribution in [0.2, 0.25) is 0 Å². The fraction of sp³-hybridized carbons (Fsp3) is 0.226. The molecule has 200 valence electrons. The molecule has 1 aliphatic rings. The molecule has 0 atom stereocenters. The van der Waals surface area contributed by atoms with Crippen molar-refractivity contribution in [2.75, 3.05) is 40.4 Å². The summed E-state index contributed by atoms with van der Waals surface area (Å²) in [5.74, 6) is 0.576. The Balaban J connectivity index is 1.43. The summed E-state index contributed by atoms with van der Waals surface area (Å²) in [5, 5.41) is 0. The normalized spacial score (nSPS) is 13.3. The topological polar surface area (TPSA) is 64.0 Å². The van der Waals surface area contributed by atoms with Gasteiger partial charge in [-0.3, -0.25) is 9.59 Å². The van der Waals surface area contributed by atoms with Crippen LogP contribution in [0.15, 0.2) is 78.9 Å². The van der Waals surface area contributed by atoms with Gasteiger partial charge in [-0.15, -0.1) is 0 Å². The molecule has 0 spiro atoms. The molecule has 1 aliphatic heterocycles. The smallest absolute Gasteiger partial charge is 0.257 e. The number of amides is 2. The number of ether oxygens (including phenoxy) is 2. The van der Waals surface area contributed by atoms with Gasteiger partial charge in [-0.25, -0.2) is 4.39 Å². The monoisotopic (exact) mass is 527 g/mol. The van der Waals surface area contributed by atoms with E-state index >= 15 is 0 Å². The Morgan fingerprint density at radius 1 is 0.744 bits per heavy atom. The van der Waals surface area contributed by atoms with E-state index in [9.17, 15) is 14.0 Å². The molecule has 1 fully saturated rings. The first-order valence-corrected chi connectivity index (χ1v) is 12.8. The van der Waals surface area contributed by atoms with E-state index in [0.29, 0.717) is 65.9 Å². The van der Waals surface area contributed by atoms with Crippen molar-refractivity contribution in [3.63, 3.8) is 0 Å². The fourth-order valence-corrected chi connectivity index (χ4v) is 5.02. The van der Waals surface area contributed by atoms with E-state index in [0.717, 1.165) is 5.56 Å². The number of para-hydroxylation sites is 2. The number of hydrogen-bond acceptors (Lipinski definition) is 4. The van der Waals surface area contributed by atoms with Crippen molar-refractivity contribution in [3.8, 4) is 28.4 Å². The van der Waals surface area contributed by atoms with Crippen LogP contribution in [0.25, 0.3) is 16.9 Å². The van der Waals surface area contributed by atoms with Crippen molar-refractivity contribution in [2.24, 2.45) is 0 Å². The summed E-state index contributed by atoms with van der Waals surface area (Å²) in [6.45, 7) is 3.42. The summed E-state index contributed by atoms with van der Waals surface area (Å²) < 4.78 is 27.4. The second kappa shape index (κ2) is 11.0. The first-order valence-electron chi connectivity index (χ1n) is 12.8. The Labute approximate surface area is 227 Å². The molecule has 0 radical (unpaired) electrons. The Bertz CT molecular complexity index is 1500. The maximum atomic E-state index is 15.0. The summed E-state index contributed by atoms with van der Waals surface area (Å²) in [7, 11) is 3.14. The van der Waals surface area contributed by atoms with Gasteiger partial charge in [0.2, 0.25) is 0 Å². The summed E-state index contributed by atoms with van der Waals surface area (Å²) in [4.78, 5) is 30.4. The van der Waals surface area contributed by atoms with Crippen LogP contribution in [-0.2, 0) is 0 Å². The second-order valence-corrected chi connectivity index (χ2v) is 9.33. The average molecular weight is 528 g/mol. The Morgan fingerprint density at radius 3 is 1.95 bits per heavy atom. The maximum Gasteiger partial charge on any atom is 0.257 e. The van der Waals surface area contributed by atoms with E-state index in [-0.39, 0.29) is 17.6 Å². The van der Waals surface area contributed by atoms with Crippen LogP contribution in [0.1, 0.15) is 26.4 Å². The lowest BCUT2D eigenvalue weighted by Crippen LogP contribution is -2.50. The standard InChI is InChI=1S/C31H30FN3O4/c1-21-25(31(37)34-18-16-33(17-19-34)30(36)24-8-4-7-11-29(24)39-3)20-28(22-12-14-23(38-2)15-13-22)35(21)27-10-6-5-9-26(27)32/h4-15,20H,16-19H2,1-3H3. The quantitative estimate of drug-likeness (QED) is 0.346. The third-order valence-corrected chi connectivity index (χ3v) is 7.15. The molecule has 1 saturated heterocycles. The number of hydrogen-bond donors (Lipinski definition) is 0. The molecule has 2 heterocycles. The lowest BCUT2D eigenvalue weighted by atomic mass is 10.1. The number of methoxy groups -OCH3 is 2. The van der Waals surface area contributed by atoms with Crippen LogP contribution < -0.4 is 9.47 Å². The van der Waals surface area contributed by atoms with E-state index in [1.54, 1.807) is 65.0 Å². The largest absolute Gasteiger partial charge is 0.497 e. The van der Waals surface area contributed by atoms with E-state index in [1.807, 2.05) is 43.3 Å². The molecule has 0 N–H and O–H groups in total. The number of carbonyl (C=O) groups is 2. The average Bonchev–Trinajstić information content (AvgIpc) is 3.33. The molecular formula is C31H30FN3O4. The third kappa shape index (κ3) is 4.97. The highest BCUT2D eigenvalue weighted by Gasteiger charge is 2.29. The lowest BCUT2D eigenvalue weighted by Gasteiger charge is -2.35. The molecule has 4 aromatic rings. The number of rotatable bonds is 6. The van der Waals surface area contributed by atoms with Gasteiger partial charge in [0.15, 0.2) is 0 Å². The Kier molecular flexibility index (Phi) is 7.36. The SMILES string of the molecule is COc1ccc(-c2cc(C(=O)N3CCN(C(=O)c4ccccc4OC)CC3)c(C)n2-c2ccccc2F)cc1. The molecule has 7 nitrogen and oxygen atoms in total. The van der Waals surface area contributed by atoms with Crippen LogP contribution in [0.5, 0.6) is 11.5 Å². The summed E-state index contributed by atoms with van der Waals surface area (Å²) >= 11 is 0. The molecular weight excluding hydrogens is 497 g/mol. The summed E-state index contributed by atoms with van der Waals surface area (Å²) in [6.07, 6.45) is 0. The third-order valence-electron chi connectivity index (χ3n) is 7.15. The van der Waals surface area contributed by atoms with Crippen LogP contribution in [-0.4, -0.2) is 66.6 Å². The fourth-order valence-electron chi connectivity index (χ4n) is 5.02. The number of aromatic nitrogens is 1. The van der Waals surface area contributed by atoms with Gasteiger partial charge < -0.3 is 23.8 Å². The van der Waals surface area contributed by atoms with E-state index < -0.39 is 0 Å². The molecule has 39 heavy (non-hydrogen) atoms. The minimum Gasteiger partial charge on any atom is -0.497 e. The van der Waals surface area contributed by atoms with E-state index in [1.165, 1.54) is 6.07 Å². The molecule has 1 aromatic heterocycles. The second-order valence-electron chi connectivity index (χ2n) is 9.33. The maximum absolute atomic E-state index is 15.0. The molecule has 3 aromatic carbocycles. The van der Waals surface area contributed by atoms with Gasteiger partial charge in [0.05, 0.1) is 36.7 Å². The molecule has 0 unspecified atom stereocenters. The van der Waals surface area contributed by atoms with E-state index in [4.69, 9.17) is 9.47 Å². The molecule has 0 saturated carbocycles. The van der Waals surface area contributed by atoms with Crippen molar-refractivity contribution < 1.29 is 23.5 Å². The molecule has 5 rings (SSSR count). The molecule has 0 bridgehead atoms. The Morgan fingerprint density at radius 2 is 1.33 bits per heavy atom. The number of halogens is 1. The van der Waals surface area contributed by atoms with Crippen molar-refractivity contribution >= 4 is 11.8 Å². The highest BCUT2D eigenvalue weighted by molar-refractivity contribution is 5.99. The first kappa shape index (κ1) is 26.0. The van der Waals surface area contributed by atoms with Crippen LogP contribution in [0.4, 0.5) is 4.39 Å². The highest BCUT2D eigenvalue weighted by Crippen LogP contribution is 2.32. The van der Waals surface area contributed by atoms with Crippen molar-refractivity contribution in [1.29, 1.82) is 0 Å². The minimum atomic E-state index is -0.381. The predicted molar refractivity (Wildman–Crippen MR) is 147 cm³/mol. The summed E-state index contributed by atoms with van der Waals surface area (Å²) in [5.41, 5.74) is 3.54. The van der Waals surface area contributed by atoms with Gasteiger partial charge in [0.1, 0.15) is 17.3 Å². The zero-order chi connectivity index (χ0) is 27.5. The van der Waals surface area contributed by atoms with Crippen LogP contribution in [0.3, 0.4) is 0 Å². The van der Waals surface area contributed by atoms with E-state index in [2.05, 4.69) is 0 Å². The number of piperazine rings is 1. The van der Waals surface area contributed by atoms with Crippen molar-refractivity contribution in [1.82, 2.24) is 14.4 Å². The van der Waals surface area contributed by atoms with Gasteiger partial charge in [-0.05, 0) is 67.1 Å². The number of carbonyl (C=O) groups excluding carboxylic acids is 2.